The highest BCUT2D eigenvalue weighted by molar-refractivity contribution is 5.73. The molecule has 1 fully saturated rings. The molecule has 2 rings (SSSR count). The van der Waals surface area contributed by atoms with Gasteiger partial charge in [0.25, 0.3) is 0 Å². The van der Waals surface area contributed by atoms with Crippen molar-refractivity contribution in [2.45, 2.75) is 25.8 Å². The molecule has 94 valence electrons. The summed E-state index contributed by atoms with van der Waals surface area (Å²) in [5.74, 6) is -0.271. The lowest BCUT2D eigenvalue weighted by molar-refractivity contribution is -0.150. The van der Waals surface area contributed by atoms with Crippen LogP contribution < -0.4 is 5.32 Å². The van der Waals surface area contributed by atoms with E-state index in [1.165, 1.54) is 0 Å². The van der Waals surface area contributed by atoms with Crippen molar-refractivity contribution in [3.05, 3.63) is 11.9 Å². The van der Waals surface area contributed by atoms with Crippen LogP contribution in [-0.2, 0) is 16.6 Å². The van der Waals surface area contributed by atoms with Crippen LogP contribution in [0, 0.1) is 5.92 Å². The van der Waals surface area contributed by atoms with E-state index in [0.717, 1.165) is 25.1 Å². The minimum absolute atomic E-state index is 0.0391. The summed E-state index contributed by atoms with van der Waals surface area (Å²) in [5, 5.41) is 11.1. The second kappa shape index (κ2) is 5.27. The molecular weight excluding hydrogens is 220 g/mol. The van der Waals surface area contributed by atoms with Gasteiger partial charge in [-0.25, -0.2) is 0 Å². The van der Waals surface area contributed by atoms with Gasteiger partial charge in [-0.05, 0) is 26.3 Å². The van der Waals surface area contributed by atoms with E-state index in [1.54, 1.807) is 10.9 Å². The molecule has 2 unspecified atom stereocenters. The Morgan fingerprint density at radius 1 is 1.71 bits per heavy atom. The largest absolute Gasteiger partial charge is 0.466 e. The number of piperidine rings is 1. The summed E-state index contributed by atoms with van der Waals surface area (Å²) in [7, 11) is 1.83. The zero-order valence-electron chi connectivity index (χ0n) is 10.2. The third-order valence-electron chi connectivity index (χ3n) is 3.12. The number of nitrogens with zero attached hydrogens (tertiary/aromatic N) is 3. The van der Waals surface area contributed by atoms with E-state index in [2.05, 4.69) is 15.6 Å². The lowest BCUT2D eigenvalue weighted by Gasteiger charge is -2.30. The average molecular weight is 238 g/mol. The van der Waals surface area contributed by atoms with Crippen molar-refractivity contribution in [1.82, 2.24) is 20.3 Å². The van der Waals surface area contributed by atoms with Crippen LogP contribution >= 0.6 is 0 Å². The molecule has 1 aliphatic rings. The van der Waals surface area contributed by atoms with Gasteiger partial charge in [-0.15, -0.1) is 5.10 Å². The first-order valence-corrected chi connectivity index (χ1v) is 5.98. The highest BCUT2D eigenvalue weighted by Crippen LogP contribution is 2.29. The van der Waals surface area contributed by atoms with E-state index in [1.807, 2.05) is 14.0 Å². The van der Waals surface area contributed by atoms with Gasteiger partial charge in [0.05, 0.1) is 30.5 Å². The van der Waals surface area contributed by atoms with Gasteiger partial charge < -0.3 is 10.1 Å². The number of aromatic nitrogens is 3. The molecule has 0 aromatic carbocycles. The summed E-state index contributed by atoms with van der Waals surface area (Å²) in [6.45, 7) is 3.16. The van der Waals surface area contributed by atoms with Crippen LogP contribution in [0.3, 0.4) is 0 Å². The zero-order chi connectivity index (χ0) is 12.3. The zero-order valence-corrected chi connectivity index (χ0v) is 10.2. The Hall–Kier alpha value is -1.43. The summed E-state index contributed by atoms with van der Waals surface area (Å²) in [4.78, 5) is 11.9. The van der Waals surface area contributed by atoms with Crippen molar-refractivity contribution < 1.29 is 9.53 Å². The molecule has 0 amide bonds. The van der Waals surface area contributed by atoms with E-state index in [-0.39, 0.29) is 17.9 Å². The molecule has 1 aromatic heterocycles. The summed E-state index contributed by atoms with van der Waals surface area (Å²) in [6.07, 6.45) is 3.54. The van der Waals surface area contributed by atoms with Crippen LogP contribution in [0.5, 0.6) is 0 Å². The Morgan fingerprint density at radius 2 is 2.53 bits per heavy atom. The smallest absolute Gasteiger partial charge is 0.310 e. The van der Waals surface area contributed by atoms with Gasteiger partial charge in [0, 0.05) is 7.05 Å². The molecule has 0 bridgehead atoms. The highest BCUT2D eigenvalue weighted by Gasteiger charge is 2.34. The number of carbonyl (C=O) groups excluding carboxylic acids is 1. The normalized spacial score (nSPS) is 24.6. The molecule has 0 radical (unpaired) electrons. The number of rotatable bonds is 3. The van der Waals surface area contributed by atoms with E-state index in [9.17, 15) is 4.79 Å². The number of nitrogens with one attached hydrogen (secondary N) is 1. The number of hydrogen-bond donors (Lipinski definition) is 1. The fraction of sp³-hybridized carbons (Fsp3) is 0.727. The maximum atomic E-state index is 11.9. The van der Waals surface area contributed by atoms with Crippen LogP contribution in [-0.4, -0.2) is 34.1 Å². The van der Waals surface area contributed by atoms with Crippen molar-refractivity contribution >= 4 is 5.97 Å². The predicted molar refractivity (Wildman–Crippen MR) is 61.1 cm³/mol. The van der Waals surface area contributed by atoms with E-state index < -0.39 is 0 Å². The van der Waals surface area contributed by atoms with Crippen LogP contribution in [0.1, 0.15) is 31.5 Å². The quantitative estimate of drug-likeness (QED) is 0.773. The van der Waals surface area contributed by atoms with Gasteiger partial charge in [0.15, 0.2) is 0 Å². The Morgan fingerprint density at radius 3 is 3.18 bits per heavy atom. The van der Waals surface area contributed by atoms with Crippen LogP contribution in [0.25, 0.3) is 0 Å². The molecule has 6 heteroatoms. The van der Waals surface area contributed by atoms with Crippen molar-refractivity contribution in [2.24, 2.45) is 13.0 Å². The minimum Gasteiger partial charge on any atom is -0.466 e. The lowest BCUT2D eigenvalue weighted by atomic mass is 9.89. The summed E-state index contributed by atoms with van der Waals surface area (Å²) >= 11 is 0. The van der Waals surface area contributed by atoms with Gasteiger partial charge in [0.1, 0.15) is 0 Å². The Balaban J connectivity index is 2.18. The first-order valence-electron chi connectivity index (χ1n) is 5.98. The molecule has 6 nitrogen and oxygen atoms in total. The third-order valence-corrected chi connectivity index (χ3v) is 3.12. The third kappa shape index (κ3) is 2.46. The van der Waals surface area contributed by atoms with Crippen LogP contribution in [0.15, 0.2) is 6.20 Å². The van der Waals surface area contributed by atoms with E-state index >= 15 is 0 Å². The minimum atomic E-state index is -0.138. The van der Waals surface area contributed by atoms with Gasteiger partial charge in [-0.2, -0.15) is 0 Å². The van der Waals surface area contributed by atoms with Gasteiger partial charge in [0.2, 0.25) is 0 Å². The second-order valence-corrected chi connectivity index (χ2v) is 4.22. The van der Waals surface area contributed by atoms with Crippen LogP contribution in [0.4, 0.5) is 0 Å². The molecule has 2 atom stereocenters. The number of hydrogen-bond acceptors (Lipinski definition) is 5. The standard InChI is InChI=1S/C11H18N4O2/c1-3-17-11(16)8-5-4-6-12-10(8)9-7-13-14-15(9)2/h7-8,10,12H,3-6H2,1-2H3. The average Bonchev–Trinajstić information content (AvgIpc) is 2.76. The van der Waals surface area contributed by atoms with Crippen molar-refractivity contribution in [2.75, 3.05) is 13.2 Å². The van der Waals surface area contributed by atoms with Crippen LogP contribution in [0.2, 0.25) is 0 Å². The molecule has 17 heavy (non-hydrogen) atoms. The van der Waals surface area contributed by atoms with Crippen molar-refractivity contribution in [3.63, 3.8) is 0 Å². The second-order valence-electron chi connectivity index (χ2n) is 4.22. The van der Waals surface area contributed by atoms with E-state index in [4.69, 9.17) is 4.74 Å². The maximum Gasteiger partial charge on any atom is 0.310 e. The number of esters is 1. The lowest BCUT2D eigenvalue weighted by Crippen LogP contribution is -2.40. The van der Waals surface area contributed by atoms with Gasteiger partial charge in [-0.1, -0.05) is 5.21 Å². The molecule has 1 saturated heterocycles. The molecule has 1 N–H and O–H groups in total. The highest BCUT2D eigenvalue weighted by atomic mass is 16.5. The molecule has 1 aromatic rings. The maximum absolute atomic E-state index is 11.9. The summed E-state index contributed by atoms with van der Waals surface area (Å²) in [6, 6.07) is -0.0391. The summed E-state index contributed by atoms with van der Waals surface area (Å²) < 4.78 is 6.82. The molecule has 1 aliphatic heterocycles. The predicted octanol–water partition coefficient (Wildman–Crippen LogP) is 0.419. The monoisotopic (exact) mass is 238 g/mol. The molecule has 2 heterocycles. The topological polar surface area (TPSA) is 69.0 Å². The number of ether oxygens (including phenoxy) is 1. The fourth-order valence-corrected chi connectivity index (χ4v) is 2.28. The SMILES string of the molecule is CCOC(=O)C1CCCNC1c1cnnn1C. The molecular formula is C11H18N4O2. The number of aryl methyl sites for hydroxylation is 1. The molecule has 0 saturated carbocycles. The Kier molecular flexibility index (Phi) is 3.73. The first-order chi connectivity index (χ1) is 8.24. The Labute approximate surface area is 100 Å². The van der Waals surface area contributed by atoms with Gasteiger partial charge >= 0.3 is 5.97 Å². The Bertz CT molecular complexity index is 391. The van der Waals surface area contributed by atoms with Crippen molar-refractivity contribution in [3.8, 4) is 0 Å². The first kappa shape index (κ1) is 12.0. The van der Waals surface area contributed by atoms with Crippen molar-refractivity contribution in [1.29, 1.82) is 0 Å². The molecule has 0 spiro atoms. The van der Waals surface area contributed by atoms with Gasteiger partial charge in [-0.3, -0.25) is 9.48 Å². The fourth-order valence-electron chi connectivity index (χ4n) is 2.28. The van der Waals surface area contributed by atoms with E-state index in [0.29, 0.717) is 6.61 Å². The molecule has 0 aliphatic carbocycles. The number of carbonyl (C=O) groups is 1. The summed E-state index contributed by atoms with van der Waals surface area (Å²) in [5.41, 5.74) is 0.933.